The van der Waals surface area contributed by atoms with Gasteiger partial charge in [-0.25, -0.2) is 4.98 Å². The fraction of sp³-hybridized carbons (Fsp3) is 0.286. The highest BCUT2D eigenvalue weighted by Crippen LogP contribution is 2.22. The molecule has 0 aliphatic rings. The van der Waals surface area contributed by atoms with Gasteiger partial charge in [0.15, 0.2) is 5.65 Å². The highest BCUT2D eigenvalue weighted by Gasteiger charge is 2.22. The molecule has 0 aliphatic carbocycles. The zero-order valence-electron chi connectivity index (χ0n) is 11.2. The van der Waals surface area contributed by atoms with Crippen molar-refractivity contribution in [3.05, 3.63) is 52.9 Å². The first-order valence-corrected chi connectivity index (χ1v) is 7.33. The lowest BCUT2D eigenvalue weighted by Gasteiger charge is -2.22. The number of aromatic nitrogens is 3. The molecule has 1 atom stereocenters. The van der Waals surface area contributed by atoms with E-state index < -0.39 is 5.60 Å². The Labute approximate surface area is 120 Å². The van der Waals surface area contributed by atoms with E-state index in [0.29, 0.717) is 13.1 Å². The maximum Gasteiger partial charge on any atom is 0.155 e. The van der Waals surface area contributed by atoms with Gasteiger partial charge >= 0.3 is 0 Å². The Hall–Kier alpha value is -1.76. The average molecular weight is 288 g/mol. The van der Waals surface area contributed by atoms with Crippen molar-refractivity contribution in [2.45, 2.75) is 19.1 Å². The Morgan fingerprint density at radius 2 is 2.35 bits per heavy atom. The number of imidazole rings is 1. The smallest absolute Gasteiger partial charge is 0.155 e. The lowest BCUT2D eigenvalue weighted by atomic mass is 9.99. The second-order valence-electron chi connectivity index (χ2n) is 4.94. The maximum atomic E-state index is 10.4. The summed E-state index contributed by atoms with van der Waals surface area (Å²) in [4.78, 5) is 8.32. The predicted molar refractivity (Wildman–Crippen MR) is 78.6 cm³/mol. The molecule has 3 rings (SSSR count). The Kier molecular flexibility index (Phi) is 3.52. The molecule has 0 amide bonds. The summed E-state index contributed by atoms with van der Waals surface area (Å²) in [6.07, 6.45) is 7.17. The Morgan fingerprint density at radius 1 is 1.45 bits per heavy atom. The van der Waals surface area contributed by atoms with Crippen LogP contribution >= 0.6 is 11.3 Å². The monoisotopic (exact) mass is 288 g/mol. The van der Waals surface area contributed by atoms with Gasteiger partial charge in [0.1, 0.15) is 0 Å². The molecule has 0 saturated carbocycles. The van der Waals surface area contributed by atoms with Gasteiger partial charge in [0.25, 0.3) is 0 Å². The molecule has 0 radical (unpaired) electrons. The van der Waals surface area contributed by atoms with Crippen molar-refractivity contribution in [1.82, 2.24) is 19.7 Å². The molecule has 0 aliphatic heterocycles. The second kappa shape index (κ2) is 5.32. The van der Waals surface area contributed by atoms with Crippen LogP contribution in [-0.4, -0.2) is 26.0 Å². The first-order chi connectivity index (χ1) is 9.67. The third kappa shape index (κ3) is 2.58. The van der Waals surface area contributed by atoms with Crippen LogP contribution in [0.1, 0.15) is 18.2 Å². The molecule has 20 heavy (non-hydrogen) atoms. The molecule has 0 spiro atoms. The predicted octanol–water partition coefficient (Wildman–Crippen LogP) is 1.79. The first kappa shape index (κ1) is 13.2. The van der Waals surface area contributed by atoms with Gasteiger partial charge in [0.2, 0.25) is 0 Å². The summed E-state index contributed by atoms with van der Waals surface area (Å²) in [5.74, 6) is 0. The van der Waals surface area contributed by atoms with E-state index in [4.69, 9.17) is 0 Å². The third-order valence-corrected chi connectivity index (χ3v) is 4.00. The van der Waals surface area contributed by atoms with Crippen molar-refractivity contribution < 1.29 is 5.11 Å². The van der Waals surface area contributed by atoms with Crippen molar-refractivity contribution in [3.8, 4) is 0 Å². The fourth-order valence-corrected chi connectivity index (χ4v) is 2.92. The van der Waals surface area contributed by atoms with Gasteiger partial charge in [-0.15, -0.1) is 0 Å². The van der Waals surface area contributed by atoms with E-state index in [-0.39, 0.29) is 0 Å². The second-order valence-corrected chi connectivity index (χ2v) is 5.72. The Balaban J connectivity index is 1.66. The van der Waals surface area contributed by atoms with E-state index in [1.807, 2.05) is 40.5 Å². The zero-order valence-corrected chi connectivity index (χ0v) is 12.0. The molecule has 0 aromatic carbocycles. The van der Waals surface area contributed by atoms with Gasteiger partial charge < -0.3 is 10.4 Å². The van der Waals surface area contributed by atoms with Crippen molar-refractivity contribution in [2.75, 3.05) is 6.54 Å². The van der Waals surface area contributed by atoms with Crippen molar-refractivity contribution >= 4 is 17.0 Å². The van der Waals surface area contributed by atoms with E-state index in [1.165, 1.54) is 0 Å². The molecule has 3 heterocycles. The SMILES string of the molecule is CC(O)(CNCc1cnc2cnccn12)c1ccsc1. The largest absolute Gasteiger partial charge is 0.384 e. The average Bonchev–Trinajstić information content (AvgIpc) is 3.08. The molecule has 0 bridgehead atoms. The van der Waals surface area contributed by atoms with Gasteiger partial charge in [-0.1, -0.05) is 0 Å². The number of nitrogens with one attached hydrogen (secondary N) is 1. The number of fused-ring (bicyclic) bond motifs is 1. The molecule has 3 aromatic heterocycles. The van der Waals surface area contributed by atoms with Crippen LogP contribution in [-0.2, 0) is 12.1 Å². The van der Waals surface area contributed by atoms with Crippen LogP contribution in [0.3, 0.4) is 0 Å². The maximum absolute atomic E-state index is 10.4. The molecule has 1 unspecified atom stereocenters. The lowest BCUT2D eigenvalue weighted by molar-refractivity contribution is 0.0570. The van der Waals surface area contributed by atoms with Crippen LogP contribution in [0.15, 0.2) is 41.6 Å². The van der Waals surface area contributed by atoms with Crippen LogP contribution in [0, 0.1) is 0 Å². The summed E-state index contributed by atoms with van der Waals surface area (Å²) in [5.41, 5.74) is 1.96. The number of rotatable bonds is 5. The fourth-order valence-electron chi connectivity index (χ4n) is 2.13. The summed E-state index contributed by atoms with van der Waals surface area (Å²) in [6, 6.07) is 1.95. The molecule has 104 valence electrons. The van der Waals surface area contributed by atoms with E-state index in [2.05, 4.69) is 15.3 Å². The summed E-state index contributed by atoms with van der Waals surface area (Å²) < 4.78 is 1.99. The number of aliphatic hydroxyl groups is 1. The van der Waals surface area contributed by atoms with Gasteiger partial charge in [0, 0.05) is 25.5 Å². The summed E-state index contributed by atoms with van der Waals surface area (Å²) >= 11 is 1.59. The normalized spacial score (nSPS) is 14.5. The minimum absolute atomic E-state index is 0.488. The minimum atomic E-state index is -0.859. The van der Waals surface area contributed by atoms with Crippen molar-refractivity contribution in [1.29, 1.82) is 0 Å². The molecular formula is C14H16N4OS. The highest BCUT2D eigenvalue weighted by atomic mass is 32.1. The molecule has 2 N–H and O–H groups in total. The Bertz CT molecular complexity index is 690. The summed E-state index contributed by atoms with van der Waals surface area (Å²) in [5, 5.41) is 17.7. The standard InChI is InChI=1S/C14H16N4OS/c1-14(19,11-2-5-20-9-11)10-16-6-12-7-17-13-8-15-3-4-18(12)13/h2-5,7-9,16,19H,6,10H2,1H3. The number of hydrogen-bond acceptors (Lipinski definition) is 5. The van der Waals surface area contributed by atoms with Crippen molar-refractivity contribution in [3.63, 3.8) is 0 Å². The molecule has 6 heteroatoms. The van der Waals surface area contributed by atoms with Crippen LogP contribution in [0.25, 0.3) is 5.65 Å². The lowest BCUT2D eigenvalue weighted by Crippen LogP contribution is -2.34. The van der Waals surface area contributed by atoms with E-state index >= 15 is 0 Å². The molecular weight excluding hydrogens is 272 g/mol. The van der Waals surface area contributed by atoms with Crippen LogP contribution in [0.5, 0.6) is 0 Å². The molecule has 0 fully saturated rings. The summed E-state index contributed by atoms with van der Waals surface area (Å²) in [6.45, 7) is 2.95. The van der Waals surface area contributed by atoms with Crippen LogP contribution < -0.4 is 5.32 Å². The van der Waals surface area contributed by atoms with Gasteiger partial charge in [-0.2, -0.15) is 11.3 Å². The van der Waals surface area contributed by atoms with Gasteiger partial charge in [0.05, 0.1) is 23.7 Å². The van der Waals surface area contributed by atoms with Crippen LogP contribution in [0.2, 0.25) is 0 Å². The van der Waals surface area contributed by atoms with Gasteiger partial charge in [-0.05, 0) is 29.3 Å². The highest BCUT2D eigenvalue weighted by molar-refractivity contribution is 7.08. The topological polar surface area (TPSA) is 62.5 Å². The van der Waals surface area contributed by atoms with E-state index in [9.17, 15) is 5.11 Å². The Morgan fingerprint density at radius 3 is 3.15 bits per heavy atom. The molecule has 5 nitrogen and oxygen atoms in total. The number of hydrogen-bond donors (Lipinski definition) is 2. The first-order valence-electron chi connectivity index (χ1n) is 6.38. The van der Waals surface area contributed by atoms with Crippen molar-refractivity contribution in [2.24, 2.45) is 0 Å². The summed E-state index contributed by atoms with van der Waals surface area (Å²) in [7, 11) is 0. The molecule has 3 aromatic rings. The van der Waals surface area contributed by atoms with Crippen LogP contribution in [0.4, 0.5) is 0 Å². The molecule has 0 saturated heterocycles. The number of nitrogens with zero attached hydrogens (tertiary/aromatic N) is 3. The zero-order chi connectivity index (χ0) is 14.0. The quantitative estimate of drug-likeness (QED) is 0.751. The third-order valence-electron chi connectivity index (χ3n) is 3.31. The van der Waals surface area contributed by atoms with E-state index in [1.54, 1.807) is 23.7 Å². The van der Waals surface area contributed by atoms with E-state index in [0.717, 1.165) is 16.9 Å². The van der Waals surface area contributed by atoms with Gasteiger partial charge in [-0.3, -0.25) is 9.38 Å². The number of thiophene rings is 1. The minimum Gasteiger partial charge on any atom is -0.384 e.